The fourth-order valence-corrected chi connectivity index (χ4v) is 2.58. The molecule has 1 aromatic carbocycles. The number of aliphatic imine (C=N–C) groups is 1. The van der Waals surface area contributed by atoms with E-state index >= 15 is 0 Å². The second kappa shape index (κ2) is 7.73. The third kappa shape index (κ3) is 4.19. The summed E-state index contributed by atoms with van der Waals surface area (Å²) in [5, 5.41) is 2.66. The summed E-state index contributed by atoms with van der Waals surface area (Å²) in [4.78, 5) is 29.7. The van der Waals surface area contributed by atoms with Crippen LogP contribution in [0.4, 0.5) is 11.4 Å². The van der Waals surface area contributed by atoms with Gasteiger partial charge in [-0.3, -0.25) is 9.59 Å². The maximum absolute atomic E-state index is 11.5. The minimum atomic E-state index is -0.231. The Kier molecular flexibility index (Phi) is 5.68. The van der Waals surface area contributed by atoms with E-state index in [0.29, 0.717) is 11.4 Å². The number of allylic oxidation sites excluding steroid dienone is 3. The molecule has 5 nitrogen and oxygen atoms in total. The number of rotatable bonds is 5. The Balaban J connectivity index is 2.35. The molecular formula is C19H23N3O2. The lowest BCUT2D eigenvalue weighted by Crippen LogP contribution is -2.26. The highest BCUT2D eigenvalue weighted by atomic mass is 16.1. The van der Waals surface area contributed by atoms with Gasteiger partial charge in [-0.15, -0.1) is 0 Å². The van der Waals surface area contributed by atoms with E-state index in [0.717, 1.165) is 30.0 Å². The number of hydrogen-bond acceptors (Lipinski definition) is 4. The van der Waals surface area contributed by atoms with Gasteiger partial charge in [0.05, 0.1) is 17.1 Å². The zero-order chi connectivity index (χ0) is 17.7. The summed E-state index contributed by atoms with van der Waals surface area (Å²) >= 11 is 0. The van der Waals surface area contributed by atoms with E-state index in [4.69, 9.17) is 0 Å². The predicted octanol–water partition coefficient (Wildman–Crippen LogP) is 3.07. The van der Waals surface area contributed by atoms with Crippen molar-refractivity contribution in [3.8, 4) is 0 Å². The molecular weight excluding hydrogens is 302 g/mol. The van der Waals surface area contributed by atoms with Crippen molar-refractivity contribution in [1.29, 1.82) is 0 Å². The van der Waals surface area contributed by atoms with Gasteiger partial charge in [0, 0.05) is 31.8 Å². The lowest BCUT2D eigenvalue weighted by atomic mass is 10.1. The lowest BCUT2D eigenvalue weighted by molar-refractivity contribution is -0.118. The van der Waals surface area contributed by atoms with Crippen LogP contribution in [0.5, 0.6) is 0 Å². The summed E-state index contributed by atoms with van der Waals surface area (Å²) < 4.78 is 0. The third-order valence-electron chi connectivity index (χ3n) is 3.83. The molecule has 1 aromatic rings. The maximum Gasteiger partial charge on any atom is 0.221 e. The van der Waals surface area contributed by atoms with Crippen LogP contribution in [0.1, 0.15) is 26.3 Å². The molecule has 0 heterocycles. The van der Waals surface area contributed by atoms with Crippen molar-refractivity contribution in [3.63, 3.8) is 0 Å². The van der Waals surface area contributed by atoms with Gasteiger partial charge in [-0.1, -0.05) is 0 Å². The molecule has 0 bridgehead atoms. The van der Waals surface area contributed by atoms with E-state index in [1.54, 1.807) is 6.08 Å². The van der Waals surface area contributed by atoms with Crippen molar-refractivity contribution in [2.45, 2.75) is 27.7 Å². The molecule has 0 aromatic heterocycles. The third-order valence-corrected chi connectivity index (χ3v) is 3.83. The highest BCUT2D eigenvalue weighted by molar-refractivity contribution is 6.21. The predicted molar refractivity (Wildman–Crippen MR) is 97.9 cm³/mol. The molecule has 0 unspecified atom stereocenters. The summed E-state index contributed by atoms with van der Waals surface area (Å²) in [5.74, 6) is -0.392. The average molecular weight is 325 g/mol. The van der Waals surface area contributed by atoms with Gasteiger partial charge in [-0.2, -0.15) is 0 Å². The Bertz CT molecular complexity index is 741. The van der Waals surface area contributed by atoms with Crippen molar-refractivity contribution in [1.82, 2.24) is 5.32 Å². The van der Waals surface area contributed by atoms with Gasteiger partial charge in [0.1, 0.15) is 0 Å². The van der Waals surface area contributed by atoms with Gasteiger partial charge < -0.3 is 10.2 Å². The van der Waals surface area contributed by atoms with Crippen molar-refractivity contribution in [3.05, 3.63) is 47.7 Å². The molecule has 5 heteroatoms. The number of carbonyl (C=O) groups excluding carboxylic acids is 2. The van der Waals surface area contributed by atoms with Crippen LogP contribution < -0.4 is 10.2 Å². The van der Waals surface area contributed by atoms with Gasteiger partial charge in [-0.25, -0.2) is 4.99 Å². The fourth-order valence-electron chi connectivity index (χ4n) is 2.58. The molecule has 0 spiro atoms. The second-order valence-electron chi connectivity index (χ2n) is 5.62. The van der Waals surface area contributed by atoms with E-state index in [2.05, 4.69) is 35.1 Å². The van der Waals surface area contributed by atoms with Crippen LogP contribution >= 0.6 is 0 Å². The second-order valence-corrected chi connectivity index (χ2v) is 5.62. The fraction of sp³-hybridized carbons (Fsp3) is 0.316. The first-order valence-electron chi connectivity index (χ1n) is 8.10. The molecule has 0 radical (unpaired) electrons. The quantitative estimate of drug-likeness (QED) is 0.846. The molecule has 0 saturated heterocycles. The number of nitrogens with zero attached hydrogens (tertiary/aromatic N) is 2. The molecule has 126 valence electrons. The van der Waals surface area contributed by atoms with Gasteiger partial charge >= 0.3 is 0 Å². The first-order valence-corrected chi connectivity index (χ1v) is 8.10. The van der Waals surface area contributed by atoms with Crippen molar-refractivity contribution in [2.75, 3.05) is 18.0 Å². The Labute approximate surface area is 142 Å². The number of nitrogens with one attached hydrogen (secondary N) is 1. The zero-order valence-corrected chi connectivity index (χ0v) is 14.6. The van der Waals surface area contributed by atoms with E-state index in [1.165, 1.54) is 19.1 Å². The van der Waals surface area contributed by atoms with Gasteiger partial charge in [0.25, 0.3) is 0 Å². The summed E-state index contributed by atoms with van der Waals surface area (Å²) in [5.41, 5.74) is 4.02. The molecule has 0 aliphatic heterocycles. The minimum Gasteiger partial charge on any atom is -0.372 e. The molecule has 1 aliphatic rings. The van der Waals surface area contributed by atoms with E-state index in [-0.39, 0.29) is 11.7 Å². The number of anilines is 1. The smallest absolute Gasteiger partial charge is 0.221 e. The molecule has 0 fully saturated rings. The van der Waals surface area contributed by atoms with Crippen LogP contribution in [0.15, 0.2) is 47.1 Å². The Morgan fingerprint density at radius 2 is 1.92 bits per heavy atom. The number of aryl methyl sites for hydroxylation is 1. The van der Waals surface area contributed by atoms with Crippen molar-refractivity contribution >= 4 is 28.8 Å². The zero-order valence-electron chi connectivity index (χ0n) is 14.6. The average Bonchev–Trinajstić information content (AvgIpc) is 2.52. The van der Waals surface area contributed by atoms with Crippen LogP contribution in [0, 0.1) is 6.92 Å². The van der Waals surface area contributed by atoms with Gasteiger partial charge in [0.15, 0.2) is 5.78 Å². The molecule has 0 atom stereocenters. The SMILES string of the molecule is CCN(CC)c1ccc(N=C2C=CC(=O)C=C2NC(C)=O)c(C)c1. The first-order chi connectivity index (χ1) is 11.4. The number of carbonyl (C=O) groups is 2. The minimum absolute atomic E-state index is 0.161. The van der Waals surface area contributed by atoms with E-state index in [9.17, 15) is 9.59 Å². The Morgan fingerprint density at radius 3 is 2.50 bits per heavy atom. The van der Waals surface area contributed by atoms with Crippen LogP contribution in [0.3, 0.4) is 0 Å². The highest BCUT2D eigenvalue weighted by Gasteiger charge is 2.14. The molecule has 1 amide bonds. The number of benzene rings is 1. The normalized spacial score (nSPS) is 15.4. The van der Waals surface area contributed by atoms with Crippen molar-refractivity contribution < 1.29 is 9.59 Å². The van der Waals surface area contributed by atoms with E-state index in [1.807, 2.05) is 19.1 Å². The summed E-state index contributed by atoms with van der Waals surface area (Å²) in [6.07, 6.45) is 4.47. The monoisotopic (exact) mass is 325 g/mol. The molecule has 24 heavy (non-hydrogen) atoms. The molecule has 0 saturated carbocycles. The maximum atomic E-state index is 11.5. The van der Waals surface area contributed by atoms with Crippen LogP contribution in [0.25, 0.3) is 0 Å². The summed E-state index contributed by atoms with van der Waals surface area (Å²) in [6, 6.07) is 6.11. The molecule has 2 rings (SSSR count). The van der Waals surface area contributed by atoms with Gasteiger partial charge in [0.2, 0.25) is 5.91 Å². The van der Waals surface area contributed by atoms with Crippen LogP contribution in [0.2, 0.25) is 0 Å². The summed E-state index contributed by atoms with van der Waals surface area (Å²) in [6.45, 7) is 9.56. The highest BCUT2D eigenvalue weighted by Crippen LogP contribution is 2.26. The van der Waals surface area contributed by atoms with Crippen molar-refractivity contribution in [2.24, 2.45) is 4.99 Å². The number of ketones is 1. The lowest BCUT2D eigenvalue weighted by Gasteiger charge is -2.22. The standard InChI is InChI=1S/C19H23N3O2/c1-5-22(6-2)15-7-9-17(13(3)11-15)21-18-10-8-16(24)12-19(18)20-14(4)23/h7-12H,5-6H2,1-4H3,(H,20,23). The Hall–Kier alpha value is -2.69. The largest absolute Gasteiger partial charge is 0.372 e. The number of amides is 1. The van der Waals surface area contributed by atoms with Crippen LogP contribution in [-0.2, 0) is 9.59 Å². The molecule has 1 N–H and O–H groups in total. The first kappa shape index (κ1) is 17.7. The Morgan fingerprint density at radius 1 is 1.21 bits per heavy atom. The van der Waals surface area contributed by atoms with Gasteiger partial charge in [-0.05, 0) is 56.7 Å². The molecule has 1 aliphatic carbocycles. The van der Waals surface area contributed by atoms with E-state index < -0.39 is 0 Å². The topological polar surface area (TPSA) is 61.8 Å². The summed E-state index contributed by atoms with van der Waals surface area (Å²) in [7, 11) is 0. The van der Waals surface area contributed by atoms with Crippen LogP contribution in [-0.4, -0.2) is 30.5 Å². The number of hydrogen-bond donors (Lipinski definition) is 1.